The van der Waals surface area contributed by atoms with Crippen LogP contribution in [0, 0.1) is 27.7 Å². The average molecular weight is 252 g/mol. The molecule has 0 atom stereocenters. The summed E-state index contributed by atoms with van der Waals surface area (Å²) in [6, 6.07) is 6.34. The lowest BCUT2D eigenvalue weighted by Gasteiger charge is -2.00. The number of carbonyl (C=O) groups is 1. The highest BCUT2D eigenvalue weighted by molar-refractivity contribution is 7.09. The fraction of sp³-hybridized carbons (Fsp3) is 0.357. The lowest BCUT2D eigenvalue weighted by Crippen LogP contribution is -1.82. The van der Waals surface area contributed by atoms with Crippen molar-refractivity contribution in [3.63, 3.8) is 0 Å². The first-order valence-corrected chi connectivity index (χ1v) is 6.29. The molecule has 3 heteroatoms. The molecule has 94 valence electrons. The van der Waals surface area contributed by atoms with Gasteiger partial charge in [-0.1, -0.05) is 18.2 Å². The van der Waals surface area contributed by atoms with E-state index in [1.807, 2.05) is 0 Å². The molecule has 0 aliphatic rings. The zero-order chi connectivity index (χ0) is 13.4. The standard InChI is InChI=1S/C12H16S.C2H4O2/c1-9-7-5-6-8-13-12(4)11(3)10(9)2;1-2(3)4/h5-8H,1-4H3;1H3,(H,3,4). The maximum Gasteiger partial charge on any atom is 0.300 e. The third-order valence-electron chi connectivity index (χ3n) is 2.46. The molecule has 1 aromatic rings. The molecule has 0 spiro atoms. The van der Waals surface area contributed by atoms with Crippen LogP contribution in [-0.2, 0) is 4.79 Å². The Bertz CT molecular complexity index is 395. The fourth-order valence-electron chi connectivity index (χ4n) is 1.16. The van der Waals surface area contributed by atoms with Crippen molar-refractivity contribution in [1.82, 2.24) is 0 Å². The summed E-state index contributed by atoms with van der Waals surface area (Å²) in [5.41, 5.74) is 4.15. The maximum absolute atomic E-state index is 9.00. The van der Waals surface area contributed by atoms with Crippen molar-refractivity contribution in [1.29, 1.82) is 0 Å². The second kappa shape index (κ2) is 7.85. The van der Waals surface area contributed by atoms with Gasteiger partial charge in [0.05, 0.1) is 0 Å². The summed E-state index contributed by atoms with van der Waals surface area (Å²) in [6.07, 6.45) is 0. The second-order valence-corrected chi connectivity index (χ2v) is 4.93. The number of carboxylic acids is 1. The van der Waals surface area contributed by atoms with Crippen molar-refractivity contribution in [3.8, 4) is 0 Å². The lowest BCUT2D eigenvalue weighted by molar-refractivity contribution is -0.134. The second-order valence-electron chi connectivity index (χ2n) is 3.81. The predicted molar refractivity (Wildman–Crippen MR) is 74.2 cm³/mol. The third-order valence-corrected chi connectivity index (χ3v) is 3.42. The summed E-state index contributed by atoms with van der Waals surface area (Å²) in [7, 11) is 0. The number of aryl methyl sites for hydroxylation is 2. The number of carboxylic acid groups (broad SMARTS) is 1. The monoisotopic (exact) mass is 252 g/mol. The van der Waals surface area contributed by atoms with Crippen LogP contribution in [0.4, 0.5) is 0 Å². The average Bonchev–Trinajstić information content (AvgIpc) is 2.28. The van der Waals surface area contributed by atoms with Crippen molar-refractivity contribution in [2.75, 3.05) is 0 Å². The van der Waals surface area contributed by atoms with Gasteiger partial charge in [-0.25, -0.2) is 0 Å². The maximum atomic E-state index is 9.00. The molecule has 0 radical (unpaired) electrons. The molecule has 0 saturated heterocycles. The van der Waals surface area contributed by atoms with E-state index in [1.54, 1.807) is 11.3 Å². The van der Waals surface area contributed by atoms with Gasteiger partial charge in [-0.05, 0) is 49.8 Å². The Hall–Kier alpha value is -1.35. The van der Waals surface area contributed by atoms with Gasteiger partial charge >= 0.3 is 0 Å². The molecule has 17 heavy (non-hydrogen) atoms. The van der Waals surface area contributed by atoms with E-state index >= 15 is 0 Å². The Morgan fingerprint density at radius 2 is 1.65 bits per heavy atom. The third kappa shape index (κ3) is 6.74. The van der Waals surface area contributed by atoms with Crippen LogP contribution in [0.25, 0.3) is 0 Å². The molecule has 0 unspecified atom stereocenters. The largest absolute Gasteiger partial charge is 0.481 e. The van der Waals surface area contributed by atoms with Crippen LogP contribution in [0.3, 0.4) is 0 Å². The first kappa shape index (κ1) is 15.7. The zero-order valence-corrected chi connectivity index (χ0v) is 11.9. The fourth-order valence-corrected chi connectivity index (χ4v) is 1.86. The van der Waals surface area contributed by atoms with Crippen molar-refractivity contribution in [3.05, 3.63) is 45.1 Å². The van der Waals surface area contributed by atoms with Gasteiger partial charge < -0.3 is 5.11 Å². The number of hydrogen-bond acceptors (Lipinski definition) is 2. The summed E-state index contributed by atoms with van der Waals surface area (Å²) < 4.78 is 0. The van der Waals surface area contributed by atoms with Gasteiger partial charge in [-0.3, -0.25) is 4.79 Å². The van der Waals surface area contributed by atoms with Crippen LogP contribution in [-0.4, -0.2) is 11.1 Å². The first-order chi connectivity index (χ1) is 7.86. The minimum Gasteiger partial charge on any atom is -0.481 e. The predicted octanol–water partition coefficient (Wildman–Crippen LogP) is 4.20. The molecule has 0 saturated carbocycles. The molecule has 1 heterocycles. The lowest BCUT2D eigenvalue weighted by atomic mass is 10.1. The van der Waals surface area contributed by atoms with Gasteiger partial charge in [0.15, 0.2) is 0 Å². The molecular weight excluding hydrogens is 232 g/mol. The molecule has 0 amide bonds. The van der Waals surface area contributed by atoms with Gasteiger partial charge in [0.1, 0.15) is 0 Å². The van der Waals surface area contributed by atoms with E-state index in [0.717, 1.165) is 6.92 Å². The van der Waals surface area contributed by atoms with E-state index in [-0.39, 0.29) is 0 Å². The molecular formula is C14H20O2S. The Labute approximate surface area is 107 Å². The summed E-state index contributed by atoms with van der Waals surface area (Å²) in [5, 5.41) is 9.54. The van der Waals surface area contributed by atoms with Gasteiger partial charge in [0.2, 0.25) is 0 Å². The van der Waals surface area contributed by atoms with Gasteiger partial charge in [0, 0.05) is 11.8 Å². The van der Waals surface area contributed by atoms with E-state index in [0.29, 0.717) is 0 Å². The number of rotatable bonds is 0. The van der Waals surface area contributed by atoms with Gasteiger partial charge in [0.25, 0.3) is 5.97 Å². The Kier molecular flexibility index (Phi) is 7.22. The smallest absolute Gasteiger partial charge is 0.300 e. The molecule has 0 aliphatic heterocycles. The van der Waals surface area contributed by atoms with Crippen molar-refractivity contribution < 1.29 is 9.90 Å². The van der Waals surface area contributed by atoms with E-state index in [2.05, 4.69) is 51.3 Å². The summed E-state index contributed by atoms with van der Waals surface area (Å²) >= 11 is 1.79. The molecule has 0 aromatic carbocycles. The summed E-state index contributed by atoms with van der Waals surface area (Å²) in [4.78, 5) is 10.4. The molecule has 0 fully saturated rings. The van der Waals surface area contributed by atoms with Crippen LogP contribution in [0.15, 0.2) is 23.6 Å². The van der Waals surface area contributed by atoms with Crippen molar-refractivity contribution in [2.24, 2.45) is 0 Å². The normalized spacial score (nSPS) is 8.76. The van der Waals surface area contributed by atoms with Crippen molar-refractivity contribution in [2.45, 2.75) is 34.6 Å². The Morgan fingerprint density at radius 1 is 1.12 bits per heavy atom. The van der Waals surface area contributed by atoms with Gasteiger partial charge in [-0.2, -0.15) is 0 Å². The van der Waals surface area contributed by atoms with Crippen LogP contribution in [0.2, 0.25) is 0 Å². The molecule has 2 nitrogen and oxygen atoms in total. The van der Waals surface area contributed by atoms with E-state index in [1.165, 1.54) is 21.6 Å². The molecule has 0 aliphatic carbocycles. The quantitative estimate of drug-likeness (QED) is 0.751. The van der Waals surface area contributed by atoms with Gasteiger partial charge in [-0.15, -0.1) is 11.3 Å². The number of hydrogen-bond donors (Lipinski definition) is 1. The molecule has 0 bridgehead atoms. The van der Waals surface area contributed by atoms with E-state index < -0.39 is 5.97 Å². The number of aliphatic carboxylic acids is 1. The SMILES string of the molecule is CC(=O)O.Cc1ccccsc(C)c(C)c1C. The summed E-state index contributed by atoms with van der Waals surface area (Å²) in [5.74, 6) is -0.833. The molecule has 1 rings (SSSR count). The molecule has 1 N–H and O–H groups in total. The Balaban J connectivity index is 0.000000557. The van der Waals surface area contributed by atoms with Crippen molar-refractivity contribution >= 4 is 17.3 Å². The highest BCUT2D eigenvalue weighted by atomic mass is 32.1. The molecule has 1 aromatic heterocycles. The topological polar surface area (TPSA) is 37.3 Å². The van der Waals surface area contributed by atoms with E-state index in [4.69, 9.17) is 9.90 Å². The highest BCUT2D eigenvalue weighted by Crippen LogP contribution is 2.15. The summed E-state index contributed by atoms with van der Waals surface area (Å²) in [6.45, 7) is 9.79. The van der Waals surface area contributed by atoms with Crippen LogP contribution < -0.4 is 0 Å². The van der Waals surface area contributed by atoms with Crippen LogP contribution >= 0.6 is 11.3 Å². The minimum absolute atomic E-state index is 0.833. The first-order valence-electron chi connectivity index (χ1n) is 5.41. The van der Waals surface area contributed by atoms with E-state index in [9.17, 15) is 0 Å². The Morgan fingerprint density at radius 3 is 2.18 bits per heavy atom. The highest BCUT2D eigenvalue weighted by Gasteiger charge is 1.95. The minimum atomic E-state index is -0.833. The van der Waals surface area contributed by atoms with Crippen LogP contribution in [0.5, 0.6) is 0 Å². The van der Waals surface area contributed by atoms with Crippen LogP contribution in [0.1, 0.15) is 28.5 Å². The zero-order valence-electron chi connectivity index (χ0n) is 11.1.